The maximum absolute atomic E-state index is 14.0. The number of aromatic nitrogens is 1. The van der Waals surface area contributed by atoms with Gasteiger partial charge in [-0.1, -0.05) is 47.5 Å². The second-order valence-corrected chi connectivity index (χ2v) is 10.6. The summed E-state index contributed by atoms with van der Waals surface area (Å²) in [6, 6.07) is 16.4. The zero-order valence-corrected chi connectivity index (χ0v) is 22.4. The van der Waals surface area contributed by atoms with Gasteiger partial charge in [-0.3, -0.25) is 19.6 Å². The number of aliphatic hydroxyl groups is 1. The first-order chi connectivity index (χ1) is 17.7. The summed E-state index contributed by atoms with van der Waals surface area (Å²) in [4.78, 5) is 22.3. The van der Waals surface area contributed by atoms with Crippen LogP contribution < -0.4 is 5.32 Å². The normalized spacial score (nSPS) is 21.6. The monoisotopic (exact) mass is 540 g/mol. The van der Waals surface area contributed by atoms with E-state index in [1.54, 1.807) is 55.5 Å². The van der Waals surface area contributed by atoms with Crippen molar-refractivity contribution in [1.29, 1.82) is 0 Å². The predicted octanol–water partition coefficient (Wildman–Crippen LogP) is 4.00. The number of ether oxygens (including phenoxy) is 1. The molecule has 37 heavy (non-hydrogen) atoms. The van der Waals surface area contributed by atoms with Crippen LogP contribution in [0.5, 0.6) is 0 Å². The molecule has 1 unspecified atom stereocenters. The molecule has 2 aromatic carbocycles. The minimum atomic E-state index is -1.19. The van der Waals surface area contributed by atoms with Crippen LogP contribution >= 0.6 is 23.2 Å². The molecular formula is C28H30Cl2N4O3. The SMILES string of the molecule is CO[C@]1(c2ccc(Cl)cc2)c2ccc(C(C)(O)CN3CCNCC3)cc2C(=O)N1Cc1ccc(Cl)cn1. The molecule has 1 saturated heterocycles. The van der Waals surface area contributed by atoms with E-state index in [1.807, 2.05) is 24.3 Å². The number of nitrogens with zero attached hydrogens (tertiary/aromatic N) is 3. The number of rotatable bonds is 7. The van der Waals surface area contributed by atoms with Crippen molar-refractivity contribution < 1.29 is 14.6 Å². The third-order valence-electron chi connectivity index (χ3n) is 7.24. The standard InChI is InChI=1S/C28H30Cl2N4O3/c1-27(36,18-33-13-11-31-12-14-33)20-5-10-25-24(15-20)26(35)34(17-23-9-8-22(30)16-32-23)28(25,37-2)19-3-6-21(29)7-4-19/h3-10,15-16,31,36H,11-14,17-18H2,1-2H3/t27?,28-/m1/s1. The molecular weight excluding hydrogens is 511 g/mol. The van der Waals surface area contributed by atoms with E-state index in [0.717, 1.165) is 31.7 Å². The maximum atomic E-state index is 14.0. The number of hydrogen-bond acceptors (Lipinski definition) is 6. The Kier molecular flexibility index (Phi) is 7.29. The third kappa shape index (κ3) is 4.88. The van der Waals surface area contributed by atoms with Gasteiger partial charge in [0.15, 0.2) is 5.72 Å². The second-order valence-electron chi connectivity index (χ2n) is 9.77. The van der Waals surface area contributed by atoms with Gasteiger partial charge in [0.25, 0.3) is 5.91 Å². The summed E-state index contributed by atoms with van der Waals surface area (Å²) in [6.07, 6.45) is 1.56. The van der Waals surface area contributed by atoms with Crippen LogP contribution in [-0.4, -0.2) is 65.6 Å². The average molecular weight is 541 g/mol. The van der Waals surface area contributed by atoms with Gasteiger partial charge in [-0.25, -0.2) is 0 Å². The van der Waals surface area contributed by atoms with Gasteiger partial charge in [0.05, 0.1) is 22.9 Å². The minimum Gasteiger partial charge on any atom is -0.384 e. The fourth-order valence-electron chi connectivity index (χ4n) is 5.35. The first-order valence-electron chi connectivity index (χ1n) is 12.3. The van der Waals surface area contributed by atoms with Crippen LogP contribution in [-0.2, 0) is 22.6 Å². The molecule has 0 radical (unpaired) electrons. The number of halogens is 2. The van der Waals surface area contributed by atoms with E-state index in [-0.39, 0.29) is 12.5 Å². The molecule has 3 aromatic rings. The van der Waals surface area contributed by atoms with Gasteiger partial charge in [-0.05, 0) is 42.8 Å². The smallest absolute Gasteiger partial charge is 0.257 e. The summed E-state index contributed by atoms with van der Waals surface area (Å²) in [5.41, 5.74) is 0.995. The molecule has 7 nitrogen and oxygen atoms in total. The van der Waals surface area contributed by atoms with E-state index >= 15 is 0 Å². The molecule has 2 atom stereocenters. The minimum absolute atomic E-state index is 0.202. The highest BCUT2D eigenvalue weighted by atomic mass is 35.5. The molecule has 1 fully saturated rings. The van der Waals surface area contributed by atoms with Gasteiger partial charge in [0, 0.05) is 67.7 Å². The number of carbonyl (C=O) groups excluding carboxylic acids is 1. The quantitative estimate of drug-likeness (QED) is 0.471. The number of pyridine rings is 1. The Morgan fingerprint density at radius 1 is 1.08 bits per heavy atom. The first kappa shape index (κ1) is 26.1. The van der Waals surface area contributed by atoms with Crippen molar-refractivity contribution in [3.05, 3.63) is 98.8 Å². The van der Waals surface area contributed by atoms with Gasteiger partial charge < -0.3 is 15.2 Å². The van der Waals surface area contributed by atoms with Gasteiger partial charge in [0.1, 0.15) is 0 Å². The first-order valence-corrected chi connectivity index (χ1v) is 13.0. The lowest BCUT2D eigenvalue weighted by atomic mass is 9.88. The summed E-state index contributed by atoms with van der Waals surface area (Å²) >= 11 is 12.2. The van der Waals surface area contributed by atoms with E-state index in [0.29, 0.717) is 39.0 Å². The lowest BCUT2D eigenvalue weighted by molar-refractivity contribution is -0.0868. The van der Waals surface area contributed by atoms with Crippen LogP contribution in [0.2, 0.25) is 10.0 Å². The molecule has 0 spiro atoms. The van der Waals surface area contributed by atoms with Crippen molar-refractivity contribution in [2.75, 3.05) is 39.8 Å². The summed E-state index contributed by atoms with van der Waals surface area (Å²) in [5.74, 6) is -0.205. The molecule has 5 rings (SSSR count). The number of benzene rings is 2. The van der Waals surface area contributed by atoms with Crippen molar-refractivity contribution >= 4 is 29.1 Å². The van der Waals surface area contributed by atoms with Crippen LogP contribution in [0.15, 0.2) is 60.8 Å². The molecule has 2 aliphatic heterocycles. The molecule has 0 saturated carbocycles. The molecule has 194 valence electrons. The number of nitrogens with one attached hydrogen (secondary N) is 1. The van der Waals surface area contributed by atoms with E-state index in [4.69, 9.17) is 27.9 Å². The predicted molar refractivity (Wildman–Crippen MR) is 144 cm³/mol. The summed E-state index contributed by atoms with van der Waals surface area (Å²) < 4.78 is 6.21. The van der Waals surface area contributed by atoms with E-state index in [2.05, 4.69) is 15.2 Å². The number of hydrogen-bond donors (Lipinski definition) is 2. The fourth-order valence-corrected chi connectivity index (χ4v) is 5.59. The molecule has 2 N–H and O–H groups in total. The molecule has 1 amide bonds. The molecule has 9 heteroatoms. The number of carbonyl (C=O) groups is 1. The molecule has 3 heterocycles. The van der Waals surface area contributed by atoms with Crippen LogP contribution in [0.25, 0.3) is 0 Å². The molecule has 0 bridgehead atoms. The van der Waals surface area contributed by atoms with E-state index < -0.39 is 11.3 Å². The van der Waals surface area contributed by atoms with Gasteiger partial charge in [-0.2, -0.15) is 0 Å². The van der Waals surface area contributed by atoms with Crippen molar-refractivity contribution in [1.82, 2.24) is 20.1 Å². The van der Waals surface area contributed by atoms with Crippen LogP contribution in [0, 0.1) is 0 Å². The highest BCUT2D eigenvalue weighted by Crippen LogP contribution is 2.46. The van der Waals surface area contributed by atoms with Crippen LogP contribution in [0.4, 0.5) is 0 Å². The van der Waals surface area contributed by atoms with E-state index in [9.17, 15) is 9.90 Å². The summed E-state index contributed by atoms with van der Waals surface area (Å²) in [6.45, 7) is 6.00. The topological polar surface area (TPSA) is 77.9 Å². The molecule has 0 aliphatic carbocycles. The Labute approximate surface area is 227 Å². The van der Waals surface area contributed by atoms with Gasteiger partial charge in [-0.15, -0.1) is 0 Å². The van der Waals surface area contributed by atoms with Crippen LogP contribution in [0.1, 0.15) is 39.7 Å². The lowest BCUT2D eigenvalue weighted by Gasteiger charge is -2.38. The Bertz CT molecular complexity index is 1280. The Hall–Kier alpha value is -2.52. The van der Waals surface area contributed by atoms with Gasteiger partial charge >= 0.3 is 0 Å². The number of piperazine rings is 1. The lowest BCUT2D eigenvalue weighted by Crippen LogP contribution is -2.48. The van der Waals surface area contributed by atoms with Gasteiger partial charge in [0.2, 0.25) is 0 Å². The average Bonchev–Trinajstić information content (AvgIpc) is 3.13. The van der Waals surface area contributed by atoms with Crippen molar-refractivity contribution in [2.24, 2.45) is 0 Å². The summed E-state index contributed by atoms with van der Waals surface area (Å²) in [7, 11) is 1.59. The number of amides is 1. The largest absolute Gasteiger partial charge is 0.384 e. The zero-order chi connectivity index (χ0) is 26.2. The Morgan fingerprint density at radius 2 is 1.78 bits per heavy atom. The zero-order valence-electron chi connectivity index (χ0n) is 20.9. The highest BCUT2D eigenvalue weighted by molar-refractivity contribution is 6.30. The van der Waals surface area contributed by atoms with Crippen LogP contribution in [0.3, 0.4) is 0 Å². The summed E-state index contributed by atoms with van der Waals surface area (Å²) in [5, 5.41) is 15.9. The molecule has 1 aromatic heterocycles. The van der Waals surface area contributed by atoms with Crippen molar-refractivity contribution in [3.63, 3.8) is 0 Å². The number of β-amino-alcohol motifs (C(OH)–C–C–N with tert-alkyl or cyclic N) is 1. The third-order valence-corrected chi connectivity index (χ3v) is 7.72. The van der Waals surface area contributed by atoms with Crippen molar-refractivity contribution in [2.45, 2.75) is 24.8 Å². The van der Waals surface area contributed by atoms with E-state index in [1.165, 1.54) is 0 Å². The van der Waals surface area contributed by atoms with Crippen molar-refractivity contribution in [3.8, 4) is 0 Å². The molecule has 2 aliphatic rings. The Balaban J connectivity index is 1.58. The number of methoxy groups -OCH3 is 1. The highest BCUT2D eigenvalue weighted by Gasteiger charge is 2.52. The second kappa shape index (κ2) is 10.3. The maximum Gasteiger partial charge on any atom is 0.257 e. The Morgan fingerprint density at radius 3 is 2.43 bits per heavy atom. The number of fused-ring (bicyclic) bond motifs is 1. The fraction of sp³-hybridized carbons (Fsp3) is 0.357.